The number of β-amino-alcohol motifs (C(OH)–C–C–N with tert-alkyl or cyclic N) is 1. The first-order valence-corrected chi connectivity index (χ1v) is 8.60. The van der Waals surface area contributed by atoms with Crippen LogP contribution >= 0.6 is 0 Å². The second-order valence-electron chi connectivity index (χ2n) is 6.53. The summed E-state index contributed by atoms with van der Waals surface area (Å²) in [5.74, 6) is 2.04. The van der Waals surface area contributed by atoms with Crippen LogP contribution in [-0.2, 0) is 11.3 Å². The van der Waals surface area contributed by atoms with Crippen LogP contribution in [0.4, 0.5) is 0 Å². The van der Waals surface area contributed by atoms with Crippen LogP contribution in [0.15, 0.2) is 34.7 Å². The number of carbonyl (C=O) groups excluding carboxylic acids is 1. The van der Waals surface area contributed by atoms with Crippen molar-refractivity contribution in [3.8, 4) is 11.5 Å². The summed E-state index contributed by atoms with van der Waals surface area (Å²) < 4.78 is 21.2. The van der Waals surface area contributed by atoms with Gasteiger partial charge in [-0.25, -0.2) is 0 Å². The molecule has 1 aromatic heterocycles. The Morgan fingerprint density at radius 2 is 2.12 bits per heavy atom. The van der Waals surface area contributed by atoms with E-state index in [1.807, 2.05) is 18.2 Å². The minimum absolute atomic E-state index is 0.0470. The first kappa shape index (κ1) is 16.9. The molecular weight excluding hydrogens is 338 g/mol. The van der Waals surface area contributed by atoms with E-state index in [1.165, 1.54) is 0 Å². The van der Waals surface area contributed by atoms with Crippen molar-refractivity contribution in [2.45, 2.75) is 25.0 Å². The number of hydrogen-bond acceptors (Lipinski definition) is 6. The summed E-state index contributed by atoms with van der Waals surface area (Å²) in [5.41, 5.74) is 0.995. The largest absolute Gasteiger partial charge is 0.454 e. The normalized spacial score (nSPS) is 21.8. The summed E-state index contributed by atoms with van der Waals surface area (Å²) in [6.07, 6.45) is 0.0135. The number of fused-ring (bicyclic) bond motifs is 1. The summed E-state index contributed by atoms with van der Waals surface area (Å²) in [6, 6.07) is 9.10. The van der Waals surface area contributed by atoms with Gasteiger partial charge in [0, 0.05) is 26.1 Å². The van der Waals surface area contributed by atoms with Crippen molar-refractivity contribution in [2.75, 3.05) is 27.0 Å². The Balaban J connectivity index is 1.43. The van der Waals surface area contributed by atoms with Crippen LogP contribution in [0.25, 0.3) is 0 Å². The van der Waals surface area contributed by atoms with Crippen molar-refractivity contribution in [1.29, 1.82) is 0 Å². The fourth-order valence-corrected chi connectivity index (χ4v) is 3.52. The van der Waals surface area contributed by atoms with E-state index in [1.54, 1.807) is 24.1 Å². The number of likely N-dealkylation sites (tertiary alicyclic amines) is 1. The van der Waals surface area contributed by atoms with Gasteiger partial charge in [-0.05, 0) is 36.2 Å². The monoisotopic (exact) mass is 359 g/mol. The topological polar surface area (TPSA) is 81.4 Å². The van der Waals surface area contributed by atoms with E-state index in [4.69, 9.17) is 18.6 Å². The molecule has 0 unspecified atom stereocenters. The Bertz CT molecular complexity index is 801. The summed E-state index contributed by atoms with van der Waals surface area (Å²) in [7, 11) is 1.57. The molecule has 0 radical (unpaired) electrons. The highest BCUT2D eigenvalue weighted by Gasteiger charge is 2.33. The van der Waals surface area contributed by atoms with Crippen molar-refractivity contribution in [3.63, 3.8) is 0 Å². The number of carbonyl (C=O) groups is 1. The Morgan fingerprint density at radius 1 is 1.27 bits per heavy atom. The van der Waals surface area contributed by atoms with E-state index in [2.05, 4.69) is 0 Å². The molecule has 0 aliphatic carbocycles. The Morgan fingerprint density at radius 3 is 2.92 bits per heavy atom. The first-order chi connectivity index (χ1) is 12.7. The maximum atomic E-state index is 12.6. The molecule has 0 bridgehead atoms. The van der Waals surface area contributed by atoms with Gasteiger partial charge in [0.25, 0.3) is 5.91 Å². The SMILES string of the molecule is COCc1ccc(C(=O)N2CC[C@@H](c3ccc4c(c3)OCO4)[C@H](O)C2)o1. The average molecular weight is 359 g/mol. The molecular formula is C19H21NO6. The fourth-order valence-electron chi connectivity index (χ4n) is 3.52. The van der Waals surface area contributed by atoms with Crippen LogP contribution in [-0.4, -0.2) is 49.0 Å². The fraction of sp³-hybridized carbons (Fsp3) is 0.421. The van der Waals surface area contributed by atoms with Crippen molar-refractivity contribution in [3.05, 3.63) is 47.4 Å². The molecule has 7 heteroatoms. The maximum absolute atomic E-state index is 12.6. The second-order valence-corrected chi connectivity index (χ2v) is 6.53. The lowest BCUT2D eigenvalue weighted by molar-refractivity contribution is 0.0356. The minimum atomic E-state index is -0.651. The minimum Gasteiger partial charge on any atom is -0.454 e. The predicted molar refractivity (Wildman–Crippen MR) is 91.3 cm³/mol. The molecule has 1 fully saturated rings. The number of aliphatic hydroxyl groups excluding tert-OH is 1. The lowest BCUT2D eigenvalue weighted by Gasteiger charge is -2.35. The summed E-state index contributed by atoms with van der Waals surface area (Å²) in [4.78, 5) is 14.2. The van der Waals surface area contributed by atoms with Crippen LogP contribution in [0.5, 0.6) is 11.5 Å². The predicted octanol–water partition coefficient (Wildman–Crippen LogP) is 2.15. The molecule has 138 valence electrons. The third-order valence-corrected chi connectivity index (χ3v) is 4.85. The van der Waals surface area contributed by atoms with Crippen molar-refractivity contribution >= 4 is 5.91 Å². The van der Waals surface area contributed by atoms with E-state index < -0.39 is 6.10 Å². The Labute approximate surface area is 151 Å². The van der Waals surface area contributed by atoms with E-state index in [0.29, 0.717) is 31.1 Å². The van der Waals surface area contributed by atoms with Crippen LogP contribution in [0.1, 0.15) is 34.2 Å². The number of amides is 1. The van der Waals surface area contributed by atoms with E-state index >= 15 is 0 Å². The quantitative estimate of drug-likeness (QED) is 0.901. The molecule has 0 spiro atoms. The highest BCUT2D eigenvalue weighted by atomic mass is 16.7. The number of hydrogen-bond donors (Lipinski definition) is 1. The standard InChI is InChI=1S/C19H21NO6/c1-23-10-13-3-5-17(26-13)19(22)20-7-6-14(15(21)9-20)12-2-4-16-18(8-12)25-11-24-16/h2-5,8,14-15,21H,6-7,9-11H2,1H3/t14-,15+/m0/s1. The molecule has 2 aliphatic heterocycles. The number of furan rings is 1. The molecule has 2 atom stereocenters. The number of ether oxygens (including phenoxy) is 3. The van der Waals surface area contributed by atoms with Gasteiger partial charge >= 0.3 is 0 Å². The summed E-state index contributed by atoms with van der Waals surface area (Å²) in [5, 5.41) is 10.6. The number of nitrogens with zero attached hydrogens (tertiary/aromatic N) is 1. The average Bonchev–Trinajstić information content (AvgIpc) is 3.30. The number of rotatable bonds is 4. The first-order valence-electron chi connectivity index (χ1n) is 8.60. The molecule has 1 N–H and O–H groups in total. The zero-order valence-electron chi connectivity index (χ0n) is 14.5. The van der Waals surface area contributed by atoms with Gasteiger partial charge in [-0.1, -0.05) is 6.07 Å². The van der Waals surface area contributed by atoms with Gasteiger partial charge in [-0.15, -0.1) is 0 Å². The molecule has 26 heavy (non-hydrogen) atoms. The lowest BCUT2D eigenvalue weighted by Crippen LogP contribution is -2.45. The van der Waals surface area contributed by atoms with Crippen molar-refractivity contribution in [2.24, 2.45) is 0 Å². The third-order valence-electron chi connectivity index (χ3n) is 4.85. The lowest BCUT2D eigenvalue weighted by atomic mass is 9.87. The van der Waals surface area contributed by atoms with Gasteiger partial charge in [-0.2, -0.15) is 0 Å². The van der Waals surface area contributed by atoms with Gasteiger partial charge in [0.05, 0.1) is 6.10 Å². The zero-order chi connectivity index (χ0) is 18.1. The van der Waals surface area contributed by atoms with Gasteiger partial charge in [0.1, 0.15) is 12.4 Å². The Hall–Kier alpha value is -2.51. The van der Waals surface area contributed by atoms with Crippen LogP contribution < -0.4 is 9.47 Å². The summed E-state index contributed by atoms with van der Waals surface area (Å²) in [6.45, 7) is 1.36. The van der Waals surface area contributed by atoms with E-state index in [0.717, 1.165) is 11.3 Å². The van der Waals surface area contributed by atoms with Crippen molar-refractivity contribution in [1.82, 2.24) is 4.90 Å². The molecule has 1 saturated heterocycles. The Kier molecular flexibility index (Phi) is 4.57. The second kappa shape index (κ2) is 7.01. The number of aliphatic hydroxyl groups is 1. The molecule has 2 aliphatic rings. The molecule has 1 amide bonds. The summed E-state index contributed by atoms with van der Waals surface area (Å²) >= 11 is 0. The zero-order valence-corrected chi connectivity index (χ0v) is 14.5. The van der Waals surface area contributed by atoms with Crippen LogP contribution in [0.3, 0.4) is 0 Å². The molecule has 2 aromatic rings. The number of piperidine rings is 1. The number of benzene rings is 1. The smallest absolute Gasteiger partial charge is 0.289 e. The van der Waals surface area contributed by atoms with Crippen molar-refractivity contribution < 1.29 is 28.5 Å². The highest BCUT2D eigenvalue weighted by Crippen LogP contribution is 2.37. The van der Waals surface area contributed by atoms with E-state index in [-0.39, 0.29) is 30.9 Å². The molecule has 7 nitrogen and oxygen atoms in total. The van der Waals surface area contributed by atoms with E-state index in [9.17, 15) is 9.90 Å². The molecule has 4 rings (SSSR count). The van der Waals surface area contributed by atoms with Gasteiger partial charge in [-0.3, -0.25) is 4.79 Å². The van der Waals surface area contributed by atoms with Crippen LogP contribution in [0, 0.1) is 0 Å². The van der Waals surface area contributed by atoms with Crippen LogP contribution in [0.2, 0.25) is 0 Å². The molecule has 1 aromatic carbocycles. The van der Waals surface area contributed by atoms with Gasteiger partial charge in [0.2, 0.25) is 6.79 Å². The van der Waals surface area contributed by atoms with Gasteiger partial charge in [0.15, 0.2) is 17.3 Å². The molecule has 0 saturated carbocycles. The maximum Gasteiger partial charge on any atom is 0.289 e. The van der Waals surface area contributed by atoms with Gasteiger partial charge < -0.3 is 28.6 Å². The third kappa shape index (κ3) is 3.15. The number of methoxy groups -OCH3 is 1. The molecule has 3 heterocycles. The highest BCUT2D eigenvalue weighted by molar-refractivity contribution is 5.91.